The van der Waals surface area contributed by atoms with E-state index in [1.807, 2.05) is 6.20 Å². The van der Waals surface area contributed by atoms with E-state index in [2.05, 4.69) is 77.2 Å². The fourth-order valence-electron chi connectivity index (χ4n) is 3.38. The van der Waals surface area contributed by atoms with Crippen LogP contribution in [0.4, 0.5) is 5.82 Å². The van der Waals surface area contributed by atoms with Gasteiger partial charge in [0.05, 0.1) is 24.9 Å². The molecule has 1 aliphatic heterocycles. The number of hydrogen-bond donors (Lipinski definition) is 2. The number of hydrogen-bond acceptors (Lipinski definition) is 6. The lowest BCUT2D eigenvalue weighted by atomic mass is 9.94. The number of oxazole rings is 1. The van der Waals surface area contributed by atoms with Gasteiger partial charge in [-0.05, 0) is 25.5 Å². The molecule has 2 atom stereocenters. The smallest absolute Gasteiger partial charge is 0.213 e. The Morgan fingerprint density at radius 1 is 1.10 bits per heavy atom. The largest absolute Gasteiger partial charge is 0.443 e. The third-order valence-electron chi connectivity index (χ3n) is 4.94. The Morgan fingerprint density at radius 3 is 2.32 bits per heavy atom. The minimum Gasteiger partial charge on any atom is -0.443 e. The van der Waals surface area contributed by atoms with Crippen LogP contribution in [0.2, 0.25) is 0 Å². The number of morpholine rings is 1. The lowest BCUT2D eigenvalue weighted by Crippen LogP contribution is -2.45. The second-order valence-corrected chi connectivity index (χ2v) is 8.83. The van der Waals surface area contributed by atoms with Gasteiger partial charge in [0.2, 0.25) is 5.89 Å². The van der Waals surface area contributed by atoms with Crippen LogP contribution >= 0.6 is 24.0 Å². The van der Waals surface area contributed by atoms with Crippen LogP contribution in [-0.4, -0.2) is 48.3 Å². The van der Waals surface area contributed by atoms with E-state index in [4.69, 9.17) is 9.15 Å². The average molecular weight is 542 g/mol. The van der Waals surface area contributed by atoms with Gasteiger partial charge < -0.3 is 24.7 Å². The second kappa shape index (κ2) is 11.1. The van der Waals surface area contributed by atoms with Crippen LogP contribution in [0.25, 0.3) is 0 Å². The van der Waals surface area contributed by atoms with Gasteiger partial charge in [-0.1, -0.05) is 26.8 Å². The van der Waals surface area contributed by atoms with Crippen molar-refractivity contribution in [3.8, 4) is 0 Å². The van der Waals surface area contributed by atoms with Crippen molar-refractivity contribution in [1.29, 1.82) is 0 Å². The first kappa shape index (κ1) is 25.4. The first-order valence-corrected chi connectivity index (χ1v) is 10.5. The number of rotatable bonds is 5. The van der Waals surface area contributed by atoms with E-state index in [-0.39, 0.29) is 41.6 Å². The Balaban J connectivity index is 0.00000341. The molecule has 2 N–H and O–H groups in total. The predicted molar refractivity (Wildman–Crippen MR) is 134 cm³/mol. The monoisotopic (exact) mass is 542 g/mol. The molecule has 172 valence electrons. The highest BCUT2D eigenvalue weighted by molar-refractivity contribution is 14.0. The summed E-state index contributed by atoms with van der Waals surface area (Å²) >= 11 is 0. The molecule has 0 aliphatic carbocycles. The van der Waals surface area contributed by atoms with E-state index in [0.717, 1.165) is 30.2 Å². The van der Waals surface area contributed by atoms with Crippen molar-refractivity contribution < 1.29 is 9.15 Å². The highest BCUT2D eigenvalue weighted by Gasteiger charge is 2.23. The molecule has 9 heteroatoms. The van der Waals surface area contributed by atoms with Crippen molar-refractivity contribution in [2.45, 2.75) is 65.3 Å². The molecule has 0 spiro atoms. The summed E-state index contributed by atoms with van der Waals surface area (Å²) in [5.41, 5.74) is 1.03. The summed E-state index contributed by atoms with van der Waals surface area (Å²) in [6, 6.07) is 4.16. The molecule has 2 aromatic rings. The van der Waals surface area contributed by atoms with Crippen molar-refractivity contribution in [2.24, 2.45) is 4.99 Å². The Bertz CT molecular complexity index is 836. The topological polar surface area (TPSA) is 87.8 Å². The van der Waals surface area contributed by atoms with Crippen LogP contribution < -0.4 is 15.5 Å². The zero-order chi connectivity index (χ0) is 21.7. The fourth-order valence-corrected chi connectivity index (χ4v) is 3.38. The molecule has 0 aromatic carbocycles. The molecule has 1 saturated heterocycles. The van der Waals surface area contributed by atoms with Crippen molar-refractivity contribution in [3.63, 3.8) is 0 Å². The summed E-state index contributed by atoms with van der Waals surface area (Å²) in [6.07, 6.45) is 4.13. The standard InChI is InChI=1S/C22H34N6O2.HI/c1-15-13-28(14-16(2)29-15)19-8-7-17(9-24-19)10-26-21(23-6)27-12-20-25-11-18(30-20)22(3,4)5;/h7-9,11,15-16H,10,12-14H2,1-6H3,(H2,23,26,27);1H. The molecule has 3 rings (SSSR count). The summed E-state index contributed by atoms with van der Waals surface area (Å²) in [6.45, 7) is 13.3. The van der Waals surface area contributed by atoms with Gasteiger partial charge in [0.15, 0.2) is 5.96 Å². The van der Waals surface area contributed by atoms with Crippen molar-refractivity contribution in [1.82, 2.24) is 20.6 Å². The summed E-state index contributed by atoms with van der Waals surface area (Å²) in [4.78, 5) is 15.5. The fraction of sp³-hybridized carbons (Fsp3) is 0.591. The van der Waals surface area contributed by atoms with E-state index in [1.54, 1.807) is 13.2 Å². The third kappa shape index (κ3) is 7.34. The van der Waals surface area contributed by atoms with Crippen LogP contribution in [0.5, 0.6) is 0 Å². The first-order chi connectivity index (χ1) is 14.2. The van der Waals surface area contributed by atoms with Gasteiger partial charge in [-0.15, -0.1) is 24.0 Å². The minimum atomic E-state index is -0.0539. The molecule has 31 heavy (non-hydrogen) atoms. The summed E-state index contributed by atoms with van der Waals surface area (Å²) < 4.78 is 11.6. The maximum absolute atomic E-state index is 5.81. The van der Waals surface area contributed by atoms with Crippen LogP contribution in [0, 0.1) is 0 Å². The molecule has 1 fully saturated rings. The summed E-state index contributed by atoms with van der Waals surface area (Å²) in [5.74, 6) is 3.19. The van der Waals surface area contributed by atoms with Crippen LogP contribution in [0.3, 0.4) is 0 Å². The second-order valence-electron chi connectivity index (χ2n) is 8.83. The van der Waals surface area contributed by atoms with E-state index in [0.29, 0.717) is 24.9 Å². The number of aromatic nitrogens is 2. The number of nitrogens with zero attached hydrogens (tertiary/aromatic N) is 4. The Labute approximate surface area is 202 Å². The first-order valence-electron chi connectivity index (χ1n) is 10.5. The summed E-state index contributed by atoms with van der Waals surface area (Å²) in [7, 11) is 1.74. The zero-order valence-electron chi connectivity index (χ0n) is 19.3. The van der Waals surface area contributed by atoms with Gasteiger partial charge in [0, 0.05) is 38.3 Å². The number of pyridine rings is 1. The molecule has 0 amide bonds. The Hall–Kier alpha value is -1.88. The third-order valence-corrected chi connectivity index (χ3v) is 4.94. The SMILES string of the molecule is CN=C(NCc1ccc(N2CC(C)OC(C)C2)nc1)NCc1ncc(C(C)(C)C)o1.I. The maximum atomic E-state index is 5.81. The van der Waals surface area contributed by atoms with Gasteiger partial charge in [-0.25, -0.2) is 9.97 Å². The number of anilines is 1. The van der Waals surface area contributed by atoms with Gasteiger partial charge in [0.1, 0.15) is 11.6 Å². The molecular formula is C22H35IN6O2. The van der Waals surface area contributed by atoms with Crippen molar-refractivity contribution in [3.05, 3.63) is 41.7 Å². The molecule has 2 unspecified atom stereocenters. The molecule has 8 nitrogen and oxygen atoms in total. The van der Waals surface area contributed by atoms with Gasteiger partial charge >= 0.3 is 0 Å². The van der Waals surface area contributed by atoms with E-state index >= 15 is 0 Å². The minimum absolute atomic E-state index is 0. The van der Waals surface area contributed by atoms with Gasteiger partial charge in [0.25, 0.3) is 0 Å². The lowest BCUT2D eigenvalue weighted by molar-refractivity contribution is -0.00545. The van der Waals surface area contributed by atoms with Crippen molar-refractivity contribution >= 4 is 35.8 Å². The van der Waals surface area contributed by atoms with Crippen molar-refractivity contribution in [2.75, 3.05) is 25.0 Å². The van der Waals surface area contributed by atoms with Crippen LogP contribution in [0.1, 0.15) is 51.8 Å². The number of nitrogens with one attached hydrogen (secondary N) is 2. The van der Waals surface area contributed by atoms with E-state index in [9.17, 15) is 0 Å². The summed E-state index contributed by atoms with van der Waals surface area (Å²) in [5, 5.41) is 6.54. The normalized spacial score (nSPS) is 19.7. The van der Waals surface area contributed by atoms with Crippen LogP contribution in [0.15, 0.2) is 33.9 Å². The number of aliphatic imine (C=N–C) groups is 1. The highest BCUT2D eigenvalue weighted by Crippen LogP contribution is 2.22. The molecule has 3 heterocycles. The molecule has 2 aromatic heterocycles. The van der Waals surface area contributed by atoms with Gasteiger partial charge in [-0.2, -0.15) is 0 Å². The predicted octanol–water partition coefficient (Wildman–Crippen LogP) is 3.46. The van der Waals surface area contributed by atoms with E-state index in [1.165, 1.54) is 0 Å². The Morgan fingerprint density at radius 2 is 1.77 bits per heavy atom. The molecule has 1 aliphatic rings. The average Bonchev–Trinajstić information content (AvgIpc) is 3.17. The molecule has 0 radical (unpaired) electrons. The number of ether oxygens (including phenoxy) is 1. The molecule has 0 bridgehead atoms. The van der Waals surface area contributed by atoms with Gasteiger partial charge in [-0.3, -0.25) is 4.99 Å². The molecular weight excluding hydrogens is 507 g/mol. The zero-order valence-corrected chi connectivity index (χ0v) is 21.6. The quantitative estimate of drug-likeness (QED) is 0.340. The lowest BCUT2D eigenvalue weighted by Gasteiger charge is -2.36. The number of halogens is 1. The number of guanidine groups is 1. The maximum Gasteiger partial charge on any atom is 0.213 e. The highest BCUT2D eigenvalue weighted by atomic mass is 127. The Kier molecular flexibility index (Phi) is 9.11. The molecule has 0 saturated carbocycles. The van der Waals surface area contributed by atoms with Crippen LogP contribution in [-0.2, 0) is 23.2 Å². The van der Waals surface area contributed by atoms with E-state index < -0.39 is 0 Å².